The standard InChI is InChI=1S/C14H28N2/c1-4-8-15-14(5-2)11(3)16-10-12-6-7-13(16)9-12/h11-15H,4-10H2,1-3H3. The van der Waals surface area contributed by atoms with Crippen molar-refractivity contribution in [3.05, 3.63) is 0 Å². The molecule has 0 aromatic heterocycles. The quantitative estimate of drug-likeness (QED) is 0.746. The lowest BCUT2D eigenvalue weighted by Gasteiger charge is -2.37. The minimum Gasteiger partial charge on any atom is -0.312 e. The van der Waals surface area contributed by atoms with Gasteiger partial charge in [-0.2, -0.15) is 0 Å². The summed E-state index contributed by atoms with van der Waals surface area (Å²) >= 11 is 0. The Kier molecular flexibility index (Phi) is 4.26. The van der Waals surface area contributed by atoms with E-state index in [1.54, 1.807) is 0 Å². The Labute approximate surface area is 101 Å². The molecular formula is C14H28N2. The van der Waals surface area contributed by atoms with E-state index in [1.165, 1.54) is 45.2 Å². The van der Waals surface area contributed by atoms with Crippen LogP contribution in [0.4, 0.5) is 0 Å². The molecular weight excluding hydrogens is 196 g/mol. The van der Waals surface area contributed by atoms with Gasteiger partial charge in [0, 0.05) is 24.7 Å². The molecule has 94 valence electrons. The molecule has 0 amide bonds. The fourth-order valence-electron chi connectivity index (χ4n) is 3.68. The second kappa shape index (κ2) is 5.50. The SMILES string of the molecule is CCCNC(CC)C(C)N1CC2CCC1C2. The van der Waals surface area contributed by atoms with E-state index >= 15 is 0 Å². The van der Waals surface area contributed by atoms with E-state index in [1.807, 2.05) is 0 Å². The number of hydrogen-bond acceptors (Lipinski definition) is 2. The van der Waals surface area contributed by atoms with Gasteiger partial charge in [-0.25, -0.2) is 0 Å². The van der Waals surface area contributed by atoms with Gasteiger partial charge in [-0.05, 0) is 51.5 Å². The van der Waals surface area contributed by atoms with Crippen LogP contribution in [0.1, 0.15) is 52.9 Å². The molecule has 1 saturated carbocycles. The zero-order chi connectivity index (χ0) is 11.5. The summed E-state index contributed by atoms with van der Waals surface area (Å²) in [5.74, 6) is 1.02. The van der Waals surface area contributed by atoms with Gasteiger partial charge in [0.25, 0.3) is 0 Å². The van der Waals surface area contributed by atoms with Gasteiger partial charge in [-0.1, -0.05) is 13.8 Å². The molecule has 2 fully saturated rings. The minimum absolute atomic E-state index is 0.694. The predicted molar refractivity (Wildman–Crippen MR) is 69.7 cm³/mol. The van der Waals surface area contributed by atoms with Gasteiger partial charge in [0.05, 0.1) is 0 Å². The summed E-state index contributed by atoms with van der Waals surface area (Å²) in [5, 5.41) is 3.71. The second-order valence-corrected chi connectivity index (χ2v) is 5.74. The molecule has 0 aromatic carbocycles. The van der Waals surface area contributed by atoms with E-state index < -0.39 is 0 Å². The van der Waals surface area contributed by atoms with Gasteiger partial charge >= 0.3 is 0 Å². The zero-order valence-electron chi connectivity index (χ0n) is 11.2. The van der Waals surface area contributed by atoms with Crippen molar-refractivity contribution in [1.29, 1.82) is 0 Å². The highest BCUT2D eigenvalue weighted by molar-refractivity contribution is 4.96. The Bertz CT molecular complexity index is 217. The fraction of sp³-hybridized carbons (Fsp3) is 1.00. The van der Waals surface area contributed by atoms with Gasteiger partial charge in [0.1, 0.15) is 0 Å². The summed E-state index contributed by atoms with van der Waals surface area (Å²) in [4.78, 5) is 2.78. The van der Waals surface area contributed by atoms with E-state index in [0.29, 0.717) is 6.04 Å². The number of nitrogens with one attached hydrogen (secondary N) is 1. The first-order chi connectivity index (χ1) is 7.76. The number of piperidine rings is 1. The maximum absolute atomic E-state index is 3.71. The van der Waals surface area contributed by atoms with Gasteiger partial charge in [-0.3, -0.25) is 4.90 Å². The molecule has 2 aliphatic rings. The fourth-order valence-corrected chi connectivity index (χ4v) is 3.68. The summed E-state index contributed by atoms with van der Waals surface area (Å²) in [6, 6.07) is 2.34. The normalized spacial score (nSPS) is 33.2. The Morgan fingerprint density at radius 1 is 1.31 bits per heavy atom. The maximum atomic E-state index is 3.71. The van der Waals surface area contributed by atoms with Crippen molar-refractivity contribution < 1.29 is 0 Å². The molecule has 2 rings (SSSR count). The van der Waals surface area contributed by atoms with Crippen LogP contribution in [0.3, 0.4) is 0 Å². The van der Waals surface area contributed by atoms with E-state index in [-0.39, 0.29) is 0 Å². The molecule has 1 heterocycles. The summed E-state index contributed by atoms with van der Waals surface area (Å²) in [7, 11) is 0. The summed E-state index contributed by atoms with van der Waals surface area (Å²) in [6.45, 7) is 9.54. The average molecular weight is 224 g/mol. The van der Waals surface area contributed by atoms with Crippen molar-refractivity contribution in [3.63, 3.8) is 0 Å². The monoisotopic (exact) mass is 224 g/mol. The summed E-state index contributed by atoms with van der Waals surface area (Å²) < 4.78 is 0. The van der Waals surface area contributed by atoms with E-state index in [4.69, 9.17) is 0 Å². The molecule has 4 unspecified atom stereocenters. The van der Waals surface area contributed by atoms with Gasteiger partial charge in [0.15, 0.2) is 0 Å². The van der Waals surface area contributed by atoms with Crippen molar-refractivity contribution in [2.75, 3.05) is 13.1 Å². The molecule has 16 heavy (non-hydrogen) atoms. The van der Waals surface area contributed by atoms with E-state index in [9.17, 15) is 0 Å². The van der Waals surface area contributed by atoms with Crippen LogP contribution in [0, 0.1) is 5.92 Å². The van der Waals surface area contributed by atoms with Crippen LogP contribution in [0.5, 0.6) is 0 Å². The lowest BCUT2D eigenvalue weighted by atomic mass is 10.0. The Hall–Kier alpha value is -0.0800. The summed E-state index contributed by atoms with van der Waals surface area (Å²) in [6.07, 6.45) is 6.94. The molecule has 1 aliphatic heterocycles. The molecule has 2 nitrogen and oxygen atoms in total. The molecule has 2 heteroatoms. The highest BCUT2D eigenvalue weighted by Crippen LogP contribution is 2.39. The Morgan fingerprint density at radius 2 is 2.12 bits per heavy atom. The van der Waals surface area contributed by atoms with Crippen LogP contribution in [-0.2, 0) is 0 Å². The van der Waals surface area contributed by atoms with Crippen molar-refractivity contribution >= 4 is 0 Å². The maximum Gasteiger partial charge on any atom is 0.0224 e. The van der Waals surface area contributed by atoms with Crippen LogP contribution in [0.25, 0.3) is 0 Å². The second-order valence-electron chi connectivity index (χ2n) is 5.74. The lowest BCUT2D eigenvalue weighted by Crippen LogP contribution is -2.51. The third-order valence-corrected chi connectivity index (χ3v) is 4.65. The molecule has 4 atom stereocenters. The minimum atomic E-state index is 0.694. The summed E-state index contributed by atoms with van der Waals surface area (Å²) in [5.41, 5.74) is 0. The van der Waals surface area contributed by atoms with Crippen molar-refractivity contribution in [1.82, 2.24) is 10.2 Å². The van der Waals surface area contributed by atoms with Crippen LogP contribution in [0.2, 0.25) is 0 Å². The van der Waals surface area contributed by atoms with Crippen molar-refractivity contribution in [2.45, 2.75) is 71.0 Å². The molecule has 0 aromatic rings. The third-order valence-electron chi connectivity index (χ3n) is 4.65. The van der Waals surface area contributed by atoms with E-state index in [0.717, 1.165) is 18.0 Å². The number of fused-ring (bicyclic) bond motifs is 2. The first-order valence-electron chi connectivity index (χ1n) is 7.25. The molecule has 0 spiro atoms. The van der Waals surface area contributed by atoms with E-state index in [2.05, 4.69) is 31.0 Å². The Balaban J connectivity index is 1.87. The smallest absolute Gasteiger partial charge is 0.0224 e. The molecule has 2 bridgehead atoms. The first-order valence-corrected chi connectivity index (χ1v) is 7.25. The zero-order valence-corrected chi connectivity index (χ0v) is 11.2. The molecule has 1 N–H and O–H groups in total. The highest BCUT2D eigenvalue weighted by Gasteiger charge is 2.41. The topological polar surface area (TPSA) is 15.3 Å². The number of hydrogen-bond donors (Lipinski definition) is 1. The third kappa shape index (κ3) is 2.43. The predicted octanol–water partition coefficient (Wildman–Crippen LogP) is 2.64. The number of nitrogens with zero attached hydrogens (tertiary/aromatic N) is 1. The van der Waals surface area contributed by atoms with Crippen LogP contribution < -0.4 is 5.32 Å². The molecule has 0 radical (unpaired) electrons. The Morgan fingerprint density at radius 3 is 2.62 bits per heavy atom. The van der Waals surface area contributed by atoms with Gasteiger partial charge in [0.2, 0.25) is 0 Å². The van der Waals surface area contributed by atoms with Crippen LogP contribution in [-0.4, -0.2) is 36.1 Å². The largest absolute Gasteiger partial charge is 0.312 e. The van der Waals surface area contributed by atoms with Gasteiger partial charge < -0.3 is 5.32 Å². The van der Waals surface area contributed by atoms with Gasteiger partial charge in [-0.15, -0.1) is 0 Å². The molecule has 1 aliphatic carbocycles. The first kappa shape index (κ1) is 12.4. The average Bonchev–Trinajstić information content (AvgIpc) is 2.91. The highest BCUT2D eigenvalue weighted by atomic mass is 15.2. The van der Waals surface area contributed by atoms with Crippen LogP contribution in [0.15, 0.2) is 0 Å². The van der Waals surface area contributed by atoms with Crippen LogP contribution >= 0.6 is 0 Å². The lowest BCUT2D eigenvalue weighted by molar-refractivity contribution is 0.127. The van der Waals surface area contributed by atoms with Crippen molar-refractivity contribution in [3.8, 4) is 0 Å². The number of rotatable bonds is 6. The van der Waals surface area contributed by atoms with Crippen molar-refractivity contribution in [2.24, 2.45) is 5.92 Å². The molecule has 1 saturated heterocycles. The number of likely N-dealkylation sites (tertiary alicyclic amines) is 1.